The molecule has 4 aromatic rings. The number of nitrogens with zero attached hydrogens (tertiary/aromatic N) is 4. The number of ether oxygens (including phenoxy) is 3. The third-order valence-electron chi connectivity index (χ3n) is 7.70. The predicted molar refractivity (Wildman–Crippen MR) is 138 cm³/mol. The highest BCUT2D eigenvalue weighted by atomic mass is 35.5. The lowest BCUT2D eigenvalue weighted by Crippen LogP contribution is -2.33. The SMILES string of the molecule is CC12O[C@@H](n3cnc4c(Cl)nc(Cl)nc43)C(F)C1(COC(=O)c1ccccc1)[C@H]2COC(=O)c1ccccc1. The molecular weight excluding hydrogens is 550 g/mol. The van der Waals surface area contributed by atoms with E-state index in [0.717, 1.165) is 0 Å². The van der Waals surface area contributed by atoms with Crippen LogP contribution in [0.1, 0.15) is 33.9 Å². The number of imidazole rings is 1. The van der Waals surface area contributed by atoms with Crippen LogP contribution in [0.3, 0.4) is 0 Å². The van der Waals surface area contributed by atoms with E-state index in [0.29, 0.717) is 11.1 Å². The van der Waals surface area contributed by atoms with Gasteiger partial charge >= 0.3 is 11.9 Å². The van der Waals surface area contributed by atoms with Gasteiger partial charge in [-0.05, 0) is 42.8 Å². The monoisotopic (exact) mass is 570 g/mol. The van der Waals surface area contributed by atoms with Gasteiger partial charge in [0.2, 0.25) is 5.28 Å². The highest BCUT2D eigenvalue weighted by Crippen LogP contribution is 2.74. The fraction of sp³-hybridized carbons (Fsp3) is 0.296. The Balaban J connectivity index is 1.29. The molecule has 2 aromatic carbocycles. The van der Waals surface area contributed by atoms with Crippen LogP contribution in [-0.2, 0) is 14.2 Å². The van der Waals surface area contributed by atoms with Crippen LogP contribution in [0.25, 0.3) is 11.2 Å². The molecule has 2 fully saturated rings. The summed E-state index contributed by atoms with van der Waals surface area (Å²) in [6.07, 6.45) is -1.53. The van der Waals surface area contributed by atoms with Crippen LogP contribution < -0.4 is 0 Å². The van der Waals surface area contributed by atoms with Crippen LogP contribution in [-0.4, -0.2) is 56.4 Å². The lowest BCUT2D eigenvalue weighted by molar-refractivity contribution is -0.0711. The van der Waals surface area contributed by atoms with Crippen LogP contribution in [0.2, 0.25) is 10.4 Å². The fourth-order valence-corrected chi connectivity index (χ4v) is 5.96. The molecule has 6 rings (SSSR count). The highest BCUT2D eigenvalue weighted by molar-refractivity contribution is 6.35. The normalized spacial score (nSPS) is 27.2. The molecule has 3 unspecified atom stereocenters. The minimum Gasteiger partial charge on any atom is -0.462 e. The maximum absolute atomic E-state index is 16.6. The van der Waals surface area contributed by atoms with Crippen molar-refractivity contribution in [2.45, 2.75) is 24.9 Å². The third-order valence-corrected chi connectivity index (χ3v) is 8.14. The molecule has 12 heteroatoms. The van der Waals surface area contributed by atoms with Gasteiger partial charge in [0.25, 0.3) is 0 Å². The third kappa shape index (κ3) is 4.05. The molecule has 39 heavy (non-hydrogen) atoms. The molecule has 0 amide bonds. The van der Waals surface area contributed by atoms with Crippen LogP contribution in [0.15, 0.2) is 67.0 Å². The molecule has 5 atom stereocenters. The van der Waals surface area contributed by atoms with Gasteiger partial charge in [-0.1, -0.05) is 48.0 Å². The molecule has 0 spiro atoms. The van der Waals surface area contributed by atoms with Crippen molar-refractivity contribution in [2.24, 2.45) is 11.3 Å². The molecule has 200 valence electrons. The summed E-state index contributed by atoms with van der Waals surface area (Å²) in [5.74, 6) is -1.74. The van der Waals surface area contributed by atoms with Gasteiger partial charge < -0.3 is 14.2 Å². The zero-order valence-electron chi connectivity index (χ0n) is 20.5. The van der Waals surface area contributed by atoms with Crippen molar-refractivity contribution in [1.29, 1.82) is 0 Å². The highest BCUT2D eigenvalue weighted by Gasteiger charge is 2.86. The number of benzene rings is 2. The molecular formula is C27H21Cl2FN4O5. The topological polar surface area (TPSA) is 105 Å². The Morgan fingerprint density at radius 3 is 2.26 bits per heavy atom. The van der Waals surface area contributed by atoms with Crippen molar-refractivity contribution >= 4 is 46.3 Å². The van der Waals surface area contributed by atoms with E-state index >= 15 is 4.39 Å². The first kappa shape index (κ1) is 25.7. The van der Waals surface area contributed by atoms with Crippen molar-refractivity contribution in [3.05, 3.63) is 88.6 Å². The van der Waals surface area contributed by atoms with Crippen LogP contribution in [0.5, 0.6) is 0 Å². The van der Waals surface area contributed by atoms with Gasteiger partial charge in [0, 0.05) is 5.92 Å². The van der Waals surface area contributed by atoms with E-state index in [2.05, 4.69) is 15.0 Å². The molecule has 9 nitrogen and oxygen atoms in total. The molecule has 1 aliphatic carbocycles. The molecule has 2 aliphatic rings. The van der Waals surface area contributed by atoms with Crippen molar-refractivity contribution < 1.29 is 28.2 Å². The number of rotatable bonds is 7. The zero-order valence-corrected chi connectivity index (χ0v) is 22.0. The fourth-order valence-electron chi connectivity index (χ4n) is 5.54. The first-order valence-corrected chi connectivity index (χ1v) is 12.8. The second kappa shape index (κ2) is 9.55. The minimum atomic E-state index is -1.70. The van der Waals surface area contributed by atoms with E-state index in [9.17, 15) is 9.59 Å². The molecule has 1 saturated carbocycles. The lowest BCUT2D eigenvalue weighted by Gasteiger charge is -2.25. The van der Waals surface area contributed by atoms with Gasteiger partial charge in [-0.25, -0.2) is 23.9 Å². The van der Waals surface area contributed by atoms with Gasteiger partial charge in [-0.15, -0.1) is 0 Å². The maximum atomic E-state index is 16.6. The second-order valence-electron chi connectivity index (χ2n) is 9.62. The van der Waals surface area contributed by atoms with Crippen molar-refractivity contribution in [2.75, 3.05) is 13.2 Å². The second-order valence-corrected chi connectivity index (χ2v) is 10.3. The number of alkyl halides is 1. The summed E-state index contributed by atoms with van der Waals surface area (Å²) in [6, 6.07) is 16.9. The quantitative estimate of drug-likeness (QED) is 0.172. The lowest BCUT2D eigenvalue weighted by atomic mass is 9.96. The first-order valence-electron chi connectivity index (χ1n) is 12.1. The van der Waals surface area contributed by atoms with Gasteiger partial charge in [0.05, 0.1) is 35.1 Å². The first-order chi connectivity index (χ1) is 18.8. The summed E-state index contributed by atoms with van der Waals surface area (Å²) in [4.78, 5) is 37.6. The smallest absolute Gasteiger partial charge is 0.338 e. The van der Waals surface area contributed by atoms with Gasteiger partial charge in [0.1, 0.15) is 12.1 Å². The molecule has 2 aromatic heterocycles. The average molecular weight is 571 g/mol. The van der Waals surface area contributed by atoms with Gasteiger partial charge in [-0.3, -0.25) is 4.57 Å². The number of halogens is 3. The molecule has 0 radical (unpaired) electrons. The van der Waals surface area contributed by atoms with E-state index < -0.39 is 41.3 Å². The molecule has 0 N–H and O–H groups in total. The van der Waals surface area contributed by atoms with Crippen LogP contribution in [0.4, 0.5) is 4.39 Å². The van der Waals surface area contributed by atoms with Gasteiger partial charge in [0.15, 0.2) is 23.2 Å². The summed E-state index contributed by atoms with van der Waals surface area (Å²) in [5, 5.41) is -0.109. The summed E-state index contributed by atoms with van der Waals surface area (Å²) in [7, 11) is 0. The average Bonchev–Trinajstić information content (AvgIpc) is 3.16. The summed E-state index contributed by atoms with van der Waals surface area (Å²) in [6.45, 7) is 1.28. The van der Waals surface area contributed by atoms with Crippen LogP contribution >= 0.6 is 23.2 Å². The summed E-state index contributed by atoms with van der Waals surface area (Å²) in [5.41, 5.74) is -1.32. The van der Waals surface area contributed by atoms with E-state index in [1.165, 1.54) is 10.9 Å². The van der Waals surface area contributed by atoms with E-state index in [1.54, 1.807) is 67.6 Å². The molecule has 0 bridgehead atoms. The van der Waals surface area contributed by atoms with E-state index in [4.69, 9.17) is 37.4 Å². The number of fused-ring (bicyclic) bond motifs is 2. The Bertz CT molecular complexity index is 1570. The number of hydrogen-bond acceptors (Lipinski definition) is 8. The maximum Gasteiger partial charge on any atom is 0.338 e. The standard InChI is InChI=1S/C27H21Cl2FN4O5/c1-26-17(12-37-23(35)15-8-4-2-5-9-15)27(26,13-38-24(36)16-10-6-3-7-11-16)19(30)22(39-26)34-14-31-18-20(28)32-25(29)33-21(18)34/h2-11,14,17,19,22H,12-13H2,1H3/t17-,19?,22+,26?,27?/m0/s1. The molecule has 1 saturated heterocycles. The Labute approximate surface area is 231 Å². The predicted octanol–water partition coefficient (Wildman–Crippen LogP) is 5.09. The zero-order chi connectivity index (χ0) is 27.4. The Kier molecular flexibility index (Phi) is 6.28. The number of carbonyl (C=O) groups excluding carboxylic acids is 2. The number of aromatic nitrogens is 4. The minimum absolute atomic E-state index is 0.0192. The Morgan fingerprint density at radius 2 is 1.62 bits per heavy atom. The van der Waals surface area contributed by atoms with E-state index in [1.807, 2.05) is 0 Å². The largest absolute Gasteiger partial charge is 0.462 e. The number of esters is 2. The molecule has 3 heterocycles. The van der Waals surface area contributed by atoms with Crippen molar-refractivity contribution in [3.63, 3.8) is 0 Å². The summed E-state index contributed by atoms with van der Waals surface area (Å²) < 4.78 is 35.4. The number of carbonyl (C=O) groups is 2. The van der Waals surface area contributed by atoms with E-state index in [-0.39, 0.29) is 34.8 Å². The Hall–Kier alpha value is -3.60. The summed E-state index contributed by atoms with van der Waals surface area (Å²) >= 11 is 12.1. The van der Waals surface area contributed by atoms with Crippen molar-refractivity contribution in [3.8, 4) is 0 Å². The van der Waals surface area contributed by atoms with Crippen molar-refractivity contribution in [1.82, 2.24) is 19.5 Å². The van der Waals surface area contributed by atoms with Crippen LogP contribution in [0, 0.1) is 11.3 Å². The number of hydrogen-bond donors (Lipinski definition) is 0. The Morgan fingerprint density at radius 1 is 1.00 bits per heavy atom. The molecule has 1 aliphatic heterocycles. The van der Waals surface area contributed by atoms with Gasteiger partial charge in [-0.2, -0.15) is 4.98 Å².